The average molecular weight is 246 g/mol. The lowest BCUT2D eigenvalue weighted by atomic mass is 9.96. The third-order valence-electron chi connectivity index (χ3n) is 3.78. The van der Waals surface area contributed by atoms with Gasteiger partial charge >= 0.3 is 0 Å². The van der Waals surface area contributed by atoms with Crippen LogP contribution in [0.2, 0.25) is 0 Å². The maximum absolute atomic E-state index is 3.67. The highest BCUT2D eigenvalue weighted by atomic mass is 15.2. The van der Waals surface area contributed by atoms with Crippen LogP contribution in [0.15, 0.2) is 30.3 Å². The standard InChI is InChI=1S/C16H26N2/c1-4-8-15-11-17-16(2,3)13-18(15)12-14-9-6-5-7-10-14/h5-7,9-10,15,17H,4,8,11-13H2,1-3H3. The van der Waals surface area contributed by atoms with Crippen LogP contribution < -0.4 is 5.32 Å². The van der Waals surface area contributed by atoms with Gasteiger partial charge in [-0.2, -0.15) is 0 Å². The molecule has 0 bridgehead atoms. The molecule has 2 nitrogen and oxygen atoms in total. The fraction of sp³-hybridized carbons (Fsp3) is 0.625. The fourth-order valence-corrected chi connectivity index (χ4v) is 2.84. The molecule has 0 saturated carbocycles. The second-order valence-electron chi connectivity index (χ2n) is 6.10. The van der Waals surface area contributed by atoms with Gasteiger partial charge in [0.25, 0.3) is 0 Å². The van der Waals surface area contributed by atoms with Crippen molar-refractivity contribution in [3.8, 4) is 0 Å². The van der Waals surface area contributed by atoms with Crippen LogP contribution in [0.5, 0.6) is 0 Å². The number of benzene rings is 1. The van der Waals surface area contributed by atoms with Gasteiger partial charge in [-0.15, -0.1) is 0 Å². The summed E-state index contributed by atoms with van der Waals surface area (Å²) in [5.74, 6) is 0. The van der Waals surface area contributed by atoms with E-state index in [0.717, 1.165) is 19.6 Å². The third kappa shape index (κ3) is 3.56. The van der Waals surface area contributed by atoms with Crippen LogP contribution in [-0.4, -0.2) is 29.6 Å². The van der Waals surface area contributed by atoms with Gasteiger partial charge in [-0.1, -0.05) is 43.7 Å². The van der Waals surface area contributed by atoms with E-state index >= 15 is 0 Å². The number of hydrogen-bond acceptors (Lipinski definition) is 2. The molecule has 1 aromatic carbocycles. The Morgan fingerprint density at radius 2 is 2.00 bits per heavy atom. The van der Waals surface area contributed by atoms with Crippen LogP contribution in [0.3, 0.4) is 0 Å². The molecule has 0 spiro atoms. The van der Waals surface area contributed by atoms with Crippen molar-refractivity contribution in [2.45, 2.75) is 51.7 Å². The van der Waals surface area contributed by atoms with Crippen molar-refractivity contribution in [1.82, 2.24) is 10.2 Å². The van der Waals surface area contributed by atoms with Gasteiger partial charge in [0.2, 0.25) is 0 Å². The number of nitrogens with one attached hydrogen (secondary N) is 1. The Morgan fingerprint density at radius 1 is 1.28 bits per heavy atom. The Balaban J connectivity index is 2.05. The highest BCUT2D eigenvalue weighted by Crippen LogP contribution is 2.20. The predicted octanol–water partition coefficient (Wildman–Crippen LogP) is 3.04. The molecule has 1 saturated heterocycles. The highest BCUT2D eigenvalue weighted by Gasteiger charge is 2.31. The first kappa shape index (κ1) is 13.6. The Kier molecular flexibility index (Phi) is 4.41. The van der Waals surface area contributed by atoms with Crippen molar-refractivity contribution in [2.24, 2.45) is 0 Å². The van der Waals surface area contributed by atoms with Crippen LogP contribution in [0.4, 0.5) is 0 Å². The summed E-state index contributed by atoms with van der Waals surface area (Å²) in [5, 5.41) is 3.67. The Labute approximate surface area is 111 Å². The molecule has 1 aliphatic rings. The van der Waals surface area contributed by atoms with Gasteiger partial charge in [-0.25, -0.2) is 0 Å². The van der Waals surface area contributed by atoms with Crippen molar-refractivity contribution in [3.63, 3.8) is 0 Å². The number of nitrogens with zero attached hydrogens (tertiary/aromatic N) is 1. The second kappa shape index (κ2) is 5.85. The normalized spacial score (nSPS) is 24.1. The first-order valence-corrected chi connectivity index (χ1v) is 7.14. The first-order valence-electron chi connectivity index (χ1n) is 7.14. The van der Waals surface area contributed by atoms with E-state index in [9.17, 15) is 0 Å². The lowest BCUT2D eigenvalue weighted by Crippen LogP contribution is -2.61. The molecule has 1 fully saturated rings. The molecule has 100 valence electrons. The van der Waals surface area contributed by atoms with Crippen LogP contribution >= 0.6 is 0 Å². The minimum Gasteiger partial charge on any atom is -0.309 e. The molecule has 1 unspecified atom stereocenters. The largest absolute Gasteiger partial charge is 0.309 e. The summed E-state index contributed by atoms with van der Waals surface area (Å²) in [4.78, 5) is 2.65. The number of rotatable bonds is 4. The van der Waals surface area contributed by atoms with Gasteiger partial charge in [0.1, 0.15) is 0 Å². The zero-order valence-electron chi connectivity index (χ0n) is 11.9. The zero-order valence-corrected chi connectivity index (χ0v) is 11.9. The smallest absolute Gasteiger partial charge is 0.0253 e. The van der Waals surface area contributed by atoms with Gasteiger partial charge in [-0.05, 0) is 25.8 Å². The lowest BCUT2D eigenvalue weighted by Gasteiger charge is -2.44. The maximum Gasteiger partial charge on any atom is 0.0253 e. The van der Waals surface area contributed by atoms with Crippen molar-refractivity contribution >= 4 is 0 Å². The summed E-state index contributed by atoms with van der Waals surface area (Å²) in [6.07, 6.45) is 2.55. The molecule has 2 heteroatoms. The molecule has 1 aromatic rings. The van der Waals surface area contributed by atoms with Crippen LogP contribution in [0.1, 0.15) is 39.2 Å². The number of piperazine rings is 1. The quantitative estimate of drug-likeness (QED) is 0.878. The summed E-state index contributed by atoms with van der Waals surface area (Å²) < 4.78 is 0. The van der Waals surface area contributed by atoms with Crippen molar-refractivity contribution in [3.05, 3.63) is 35.9 Å². The monoisotopic (exact) mass is 246 g/mol. The number of hydrogen-bond donors (Lipinski definition) is 1. The van der Waals surface area contributed by atoms with Crippen LogP contribution in [0.25, 0.3) is 0 Å². The molecule has 0 aromatic heterocycles. The highest BCUT2D eigenvalue weighted by molar-refractivity contribution is 5.15. The first-order chi connectivity index (χ1) is 8.61. The van der Waals surface area contributed by atoms with E-state index in [0.29, 0.717) is 6.04 Å². The third-order valence-corrected chi connectivity index (χ3v) is 3.78. The Hall–Kier alpha value is -0.860. The molecule has 18 heavy (non-hydrogen) atoms. The van der Waals surface area contributed by atoms with Crippen LogP contribution in [-0.2, 0) is 6.54 Å². The average Bonchev–Trinajstić information content (AvgIpc) is 2.34. The molecule has 0 amide bonds. The van der Waals surface area contributed by atoms with Crippen LogP contribution in [0, 0.1) is 0 Å². The molecule has 2 rings (SSSR count). The summed E-state index contributed by atoms with van der Waals surface area (Å²) in [6, 6.07) is 11.5. The minimum atomic E-state index is 0.235. The van der Waals surface area contributed by atoms with Crippen molar-refractivity contribution in [2.75, 3.05) is 13.1 Å². The Morgan fingerprint density at radius 3 is 2.67 bits per heavy atom. The summed E-state index contributed by atoms with van der Waals surface area (Å²) in [5.41, 5.74) is 1.66. The van der Waals surface area contributed by atoms with Gasteiger partial charge in [-0.3, -0.25) is 4.90 Å². The minimum absolute atomic E-state index is 0.235. The van der Waals surface area contributed by atoms with Gasteiger partial charge in [0, 0.05) is 31.2 Å². The van der Waals surface area contributed by atoms with E-state index in [1.807, 2.05) is 0 Å². The summed E-state index contributed by atoms with van der Waals surface area (Å²) in [6.45, 7) is 10.2. The molecule has 1 aliphatic heterocycles. The predicted molar refractivity (Wildman–Crippen MR) is 77.6 cm³/mol. The molecular formula is C16H26N2. The van der Waals surface area contributed by atoms with E-state index in [-0.39, 0.29) is 5.54 Å². The molecule has 1 heterocycles. The summed E-state index contributed by atoms with van der Waals surface area (Å²) >= 11 is 0. The second-order valence-corrected chi connectivity index (χ2v) is 6.10. The molecule has 1 atom stereocenters. The topological polar surface area (TPSA) is 15.3 Å². The van der Waals surface area contributed by atoms with Gasteiger partial charge < -0.3 is 5.32 Å². The SMILES string of the molecule is CCCC1CNC(C)(C)CN1Cc1ccccc1. The maximum atomic E-state index is 3.67. The molecule has 1 N–H and O–H groups in total. The van der Waals surface area contributed by atoms with E-state index in [2.05, 4.69) is 61.3 Å². The van der Waals surface area contributed by atoms with Crippen molar-refractivity contribution in [1.29, 1.82) is 0 Å². The van der Waals surface area contributed by atoms with Crippen molar-refractivity contribution < 1.29 is 0 Å². The molecule has 0 radical (unpaired) electrons. The fourth-order valence-electron chi connectivity index (χ4n) is 2.84. The molecule has 0 aliphatic carbocycles. The zero-order chi connectivity index (χ0) is 13.0. The Bertz CT molecular complexity index is 359. The van der Waals surface area contributed by atoms with E-state index in [1.165, 1.54) is 18.4 Å². The van der Waals surface area contributed by atoms with Gasteiger partial charge in [0.05, 0.1) is 0 Å². The molecular weight excluding hydrogens is 220 g/mol. The van der Waals surface area contributed by atoms with E-state index in [4.69, 9.17) is 0 Å². The van der Waals surface area contributed by atoms with E-state index < -0.39 is 0 Å². The lowest BCUT2D eigenvalue weighted by molar-refractivity contribution is 0.0827. The van der Waals surface area contributed by atoms with E-state index in [1.54, 1.807) is 0 Å². The van der Waals surface area contributed by atoms with Gasteiger partial charge in [0.15, 0.2) is 0 Å². The summed E-state index contributed by atoms with van der Waals surface area (Å²) in [7, 11) is 0.